The Balaban J connectivity index is 2.58. The van der Waals surface area contributed by atoms with E-state index in [4.69, 9.17) is 10.9 Å². The summed E-state index contributed by atoms with van der Waals surface area (Å²) in [5.74, 6) is 0.571. The Bertz CT molecular complexity index is 313. The number of carbonyl (C=O) groups is 1. The Kier molecular flexibility index (Phi) is 4.37. The molecule has 1 aliphatic carbocycles. The number of rotatable bonds is 6. The molecule has 1 aliphatic rings. The molecule has 0 heterocycles. The number of carbonyl (C=O) groups excluding carboxylic acids is 1. The van der Waals surface area contributed by atoms with Crippen LogP contribution in [0.3, 0.4) is 0 Å². The van der Waals surface area contributed by atoms with Crippen LogP contribution in [0.2, 0.25) is 0 Å². The van der Waals surface area contributed by atoms with Gasteiger partial charge in [-0.2, -0.15) is 0 Å². The molecule has 1 rings (SSSR count). The van der Waals surface area contributed by atoms with E-state index in [9.17, 15) is 4.79 Å². The lowest BCUT2D eigenvalue weighted by Gasteiger charge is -2.27. The average molecular weight is 241 g/mol. The standard InChI is InChI=1S/C12H23N3O2/c1-4-12(3,10(13)15-17)11(16)14-8(2)7-9-5-6-9/h8-9,17H,4-7H2,1-3H3,(H2,13,15)(H,14,16). The molecule has 0 bridgehead atoms. The maximum absolute atomic E-state index is 12.1. The zero-order valence-electron chi connectivity index (χ0n) is 10.9. The van der Waals surface area contributed by atoms with Crippen molar-refractivity contribution >= 4 is 11.7 Å². The highest BCUT2D eigenvalue weighted by atomic mass is 16.4. The van der Waals surface area contributed by atoms with Gasteiger partial charge in [-0.25, -0.2) is 0 Å². The number of nitrogens with zero attached hydrogens (tertiary/aromatic N) is 1. The summed E-state index contributed by atoms with van der Waals surface area (Å²) in [6, 6.07) is 0.146. The van der Waals surface area contributed by atoms with Crippen molar-refractivity contribution in [2.45, 2.75) is 52.5 Å². The second-order valence-electron chi connectivity index (χ2n) is 5.22. The van der Waals surface area contributed by atoms with Crippen molar-refractivity contribution in [2.24, 2.45) is 22.2 Å². The first-order chi connectivity index (χ1) is 7.93. The number of amidine groups is 1. The summed E-state index contributed by atoms with van der Waals surface area (Å²) in [7, 11) is 0. The minimum absolute atomic E-state index is 0.0314. The molecule has 0 spiro atoms. The Hall–Kier alpha value is -1.26. The maximum atomic E-state index is 12.1. The number of amides is 1. The van der Waals surface area contributed by atoms with Crippen molar-refractivity contribution in [3.8, 4) is 0 Å². The van der Waals surface area contributed by atoms with Crippen LogP contribution in [0.4, 0.5) is 0 Å². The third kappa shape index (κ3) is 3.35. The molecule has 0 aromatic heterocycles. The number of hydrogen-bond donors (Lipinski definition) is 3. The van der Waals surface area contributed by atoms with Gasteiger partial charge in [-0.3, -0.25) is 4.79 Å². The van der Waals surface area contributed by atoms with E-state index in [2.05, 4.69) is 10.5 Å². The third-order valence-electron chi connectivity index (χ3n) is 3.64. The predicted octanol–water partition coefficient (Wildman–Crippen LogP) is 1.45. The van der Waals surface area contributed by atoms with Gasteiger partial charge in [0.1, 0.15) is 5.41 Å². The van der Waals surface area contributed by atoms with E-state index in [0.717, 1.165) is 12.3 Å². The largest absolute Gasteiger partial charge is 0.409 e. The van der Waals surface area contributed by atoms with E-state index < -0.39 is 5.41 Å². The fourth-order valence-electron chi connectivity index (χ4n) is 1.86. The van der Waals surface area contributed by atoms with Crippen LogP contribution in [0.5, 0.6) is 0 Å². The Morgan fingerprint density at radius 3 is 2.65 bits per heavy atom. The zero-order valence-corrected chi connectivity index (χ0v) is 10.9. The van der Waals surface area contributed by atoms with Gasteiger partial charge in [0.2, 0.25) is 5.91 Å². The SMILES string of the molecule is CCC(C)(C(=O)NC(C)CC1CC1)C(N)=NO. The van der Waals surface area contributed by atoms with Crippen LogP contribution in [-0.2, 0) is 4.79 Å². The van der Waals surface area contributed by atoms with Gasteiger partial charge in [-0.15, -0.1) is 0 Å². The second-order valence-corrected chi connectivity index (χ2v) is 5.22. The normalized spacial score (nSPS) is 21.7. The van der Waals surface area contributed by atoms with Gasteiger partial charge in [0.25, 0.3) is 0 Å². The predicted molar refractivity (Wildman–Crippen MR) is 66.8 cm³/mol. The molecule has 0 aromatic rings. The van der Waals surface area contributed by atoms with Crippen LogP contribution in [0.1, 0.15) is 46.5 Å². The van der Waals surface area contributed by atoms with E-state index in [-0.39, 0.29) is 17.8 Å². The summed E-state index contributed by atoms with van der Waals surface area (Å²) in [6.07, 6.45) is 4.06. The quantitative estimate of drug-likeness (QED) is 0.285. The molecule has 0 radical (unpaired) electrons. The maximum Gasteiger partial charge on any atom is 0.233 e. The highest BCUT2D eigenvalue weighted by Gasteiger charge is 2.37. The molecule has 98 valence electrons. The number of nitrogens with two attached hydrogens (primary N) is 1. The van der Waals surface area contributed by atoms with E-state index in [1.54, 1.807) is 6.92 Å². The molecule has 2 unspecified atom stereocenters. The second kappa shape index (κ2) is 5.38. The molecule has 0 saturated heterocycles. The topological polar surface area (TPSA) is 87.7 Å². The molecule has 0 aromatic carbocycles. The monoisotopic (exact) mass is 241 g/mol. The highest BCUT2D eigenvalue weighted by molar-refractivity contribution is 6.06. The molecule has 17 heavy (non-hydrogen) atoms. The molecular weight excluding hydrogens is 218 g/mol. The minimum atomic E-state index is -0.924. The van der Waals surface area contributed by atoms with Crippen LogP contribution in [0, 0.1) is 11.3 Å². The first kappa shape index (κ1) is 13.8. The third-order valence-corrected chi connectivity index (χ3v) is 3.64. The Morgan fingerprint density at radius 2 is 2.24 bits per heavy atom. The van der Waals surface area contributed by atoms with E-state index >= 15 is 0 Å². The fourth-order valence-corrected chi connectivity index (χ4v) is 1.86. The number of hydrogen-bond acceptors (Lipinski definition) is 3. The molecule has 1 fully saturated rings. The number of oxime groups is 1. The van der Waals surface area contributed by atoms with Crippen molar-refractivity contribution in [1.29, 1.82) is 0 Å². The molecule has 0 aliphatic heterocycles. The molecule has 1 saturated carbocycles. The van der Waals surface area contributed by atoms with Crippen LogP contribution in [0.25, 0.3) is 0 Å². The van der Waals surface area contributed by atoms with Gasteiger partial charge < -0.3 is 16.3 Å². The first-order valence-corrected chi connectivity index (χ1v) is 6.23. The van der Waals surface area contributed by atoms with Crippen molar-refractivity contribution in [2.75, 3.05) is 0 Å². The average Bonchev–Trinajstić information content (AvgIpc) is 3.10. The van der Waals surface area contributed by atoms with E-state index in [1.165, 1.54) is 12.8 Å². The van der Waals surface area contributed by atoms with Crippen LogP contribution >= 0.6 is 0 Å². The molecule has 2 atom stereocenters. The lowest BCUT2D eigenvalue weighted by Crippen LogP contribution is -2.50. The number of nitrogens with one attached hydrogen (secondary N) is 1. The zero-order chi connectivity index (χ0) is 13.1. The summed E-state index contributed by atoms with van der Waals surface area (Å²) < 4.78 is 0. The summed E-state index contributed by atoms with van der Waals surface area (Å²) in [4.78, 5) is 12.1. The lowest BCUT2D eigenvalue weighted by molar-refractivity contribution is -0.127. The van der Waals surface area contributed by atoms with Gasteiger partial charge in [0, 0.05) is 6.04 Å². The van der Waals surface area contributed by atoms with Crippen molar-refractivity contribution in [3.05, 3.63) is 0 Å². The molecule has 4 N–H and O–H groups in total. The van der Waals surface area contributed by atoms with Crippen LogP contribution in [0.15, 0.2) is 5.16 Å². The van der Waals surface area contributed by atoms with Crippen LogP contribution in [-0.4, -0.2) is 23.0 Å². The minimum Gasteiger partial charge on any atom is -0.409 e. The van der Waals surface area contributed by atoms with Gasteiger partial charge in [-0.05, 0) is 32.6 Å². The van der Waals surface area contributed by atoms with Crippen molar-refractivity contribution in [1.82, 2.24) is 5.32 Å². The summed E-state index contributed by atoms with van der Waals surface area (Å²) in [6.45, 7) is 5.54. The summed E-state index contributed by atoms with van der Waals surface area (Å²) in [5, 5.41) is 14.6. The summed E-state index contributed by atoms with van der Waals surface area (Å²) >= 11 is 0. The lowest BCUT2D eigenvalue weighted by atomic mass is 9.85. The van der Waals surface area contributed by atoms with Gasteiger partial charge in [-0.1, -0.05) is 24.9 Å². The van der Waals surface area contributed by atoms with Crippen molar-refractivity contribution in [3.63, 3.8) is 0 Å². The Labute approximate surface area is 102 Å². The first-order valence-electron chi connectivity index (χ1n) is 6.23. The van der Waals surface area contributed by atoms with Crippen molar-refractivity contribution < 1.29 is 10.0 Å². The smallest absolute Gasteiger partial charge is 0.233 e. The van der Waals surface area contributed by atoms with Gasteiger partial charge in [0.05, 0.1) is 0 Å². The highest BCUT2D eigenvalue weighted by Crippen LogP contribution is 2.33. The van der Waals surface area contributed by atoms with E-state index in [1.807, 2.05) is 13.8 Å². The van der Waals surface area contributed by atoms with E-state index in [0.29, 0.717) is 6.42 Å². The van der Waals surface area contributed by atoms with Gasteiger partial charge in [0.15, 0.2) is 5.84 Å². The molecular formula is C12H23N3O2. The molecule has 5 heteroatoms. The fraction of sp³-hybridized carbons (Fsp3) is 0.833. The van der Waals surface area contributed by atoms with Gasteiger partial charge >= 0.3 is 0 Å². The Morgan fingerprint density at radius 1 is 1.65 bits per heavy atom. The molecule has 5 nitrogen and oxygen atoms in total. The molecule has 1 amide bonds. The summed E-state index contributed by atoms with van der Waals surface area (Å²) in [5.41, 5.74) is 4.67. The van der Waals surface area contributed by atoms with Crippen LogP contribution < -0.4 is 11.1 Å².